The Balaban J connectivity index is 1.99. The summed E-state index contributed by atoms with van der Waals surface area (Å²) in [6.07, 6.45) is 2.39. The second-order valence-electron chi connectivity index (χ2n) is 4.85. The molecule has 6 heteroatoms. The molecule has 100 valence electrons. The number of anilines is 1. The fraction of sp³-hybridized carbons (Fsp3) is 0.214. The van der Waals surface area contributed by atoms with Crippen LogP contribution in [0.3, 0.4) is 0 Å². The molecule has 6 nitrogen and oxygen atoms in total. The van der Waals surface area contributed by atoms with Gasteiger partial charge in [0.05, 0.1) is 12.0 Å². The van der Waals surface area contributed by atoms with Gasteiger partial charge in [0.1, 0.15) is 23.6 Å². The zero-order chi connectivity index (χ0) is 13.7. The maximum atomic E-state index is 5.99. The number of nitrogens with two attached hydrogens (primary N) is 1. The van der Waals surface area contributed by atoms with Gasteiger partial charge in [-0.15, -0.1) is 0 Å². The van der Waals surface area contributed by atoms with Crippen LogP contribution >= 0.6 is 0 Å². The standard InChI is InChI=1S/C14H13N5O/c1-19-14-11(13(15)16-7-17-14)12(18-19)9-2-3-10-8(6-9)4-5-20-10/h2-3,6-7H,4-5H2,1H3,(H2,15,16,17). The van der Waals surface area contributed by atoms with Gasteiger partial charge in [-0.1, -0.05) is 0 Å². The van der Waals surface area contributed by atoms with E-state index in [-0.39, 0.29) is 0 Å². The van der Waals surface area contributed by atoms with Crippen LogP contribution in [0.25, 0.3) is 22.3 Å². The number of ether oxygens (including phenoxy) is 1. The van der Waals surface area contributed by atoms with E-state index in [1.54, 1.807) is 4.68 Å². The van der Waals surface area contributed by atoms with Crippen LogP contribution in [0, 0.1) is 0 Å². The van der Waals surface area contributed by atoms with E-state index in [0.717, 1.165) is 41.1 Å². The number of aromatic nitrogens is 4. The van der Waals surface area contributed by atoms with E-state index in [4.69, 9.17) is 10.5 Å². The van der Waals surface area contributed by atoms with Crippen molar-refractivity contribution in [1.82, 2.24) is 19.7 Å². The molecule has 3 aromatic rings. The van der Waals surface area contributed by atoms with Gasteiger partial charge in [-0.3, -0.25) is 0 Å². The van der Waals surface area contributed by atoms with E-state index < -0.39 is 0 Å². The second-order valence-corrected chi connectivity index (χ2v) is 4.85. The number of aryl methyl sites for hydroxylation is 1. The Morgan fingerprint density at radius 2 is 2.20 bits per heavy atom. The molecule has 1 aromatic carbocycles. The Bertz CT molecular complexity index is 824. The molecule has 0 saturated heterocycles. The highest BCUT2D eigenvalue weighted by atomic mass is 16.5. The SMILES string of the molecule is Cn1nc(-c2ccc3c(c2)CCO3)c2c(N)ncnc21. The Morgan fingerprint density at radius 3 is 3.10 bits per heavy atom. The Hall–Kier alpha value is -2.63. The number of benzene rings is 1. The third-order valence-corrected chi connectivity index (χ3v) is 3.61. The minimum Gasteiger partial charge on any atom is -0.493 e. The number of hydrogen-bond acceptors (Lipinski definition) is 5. The predicted molar refractivity (Wildman–Crippen MR) is 75.4 cm³/mol. The zero-order valence-electron chi connectivity index (χ0n) is 11.0. The van der Waals surface area contributed by atoms with E-state index in [1.807, 2.05) is 19.2 Å². The average Bonchev–Trinajstić information content (AvgIpc) is 3.04. The summed E-state index contributed by atoms with van der Waals surface area (Å²) in [5.74, 6) is 1.41. The van der Waals surface area contributed by atoms with Crippen LogP contribution in [0.1, 0.15) is 5.56 Å². The minimum absolute atomic E-state index is 0.454. The Kier molecular flexibility index (Phi) is 2.20. The van der Waals surface area contributed by atoms with Crippen molar-refractivity contribution < 1.29 is 4.74 Å². The van der Waals surface area contributed by atoms with Crippen LogP contribution in [0.2, 0.25) is 0 Å². The summed E-state index contributed by atoms with van der Waals surface area (Å²) in [4.78, 5) is 8.31. The fourth-order valence-electron chi connectivity index (χ4n) is 2.65. The molecule has 3 heterocycles. The highest BCUT2D eigenvalue weighted by molar-refractivity contribution is 5.98. The summed E-state index contributed by atoms with van der Waals surface area (Å²) in [5, 5.41) is 5.34. The highest BCUT2D eigenvalue weighted by Gasteiger charge is 2.18. The predicted octanol–water partition coefficient (Wildman–Crippen LogP) is 1.55. The quantitative estimate of drug-likeness (QED) is 0.723. The van der Waals surface area contributed by atoms with Crippen molar-refractivity contribution in [3.05, 3.63) is 30.1 Å². The molecule has 0 unspecified atom stereocenters. The van der Waals surface area contributed by atoms with Gasteiger partial charge in [0.25, 0.3) is 0 Å². The number of rotatable bonds is 1. The van der Waals surface area contributed by atoms with Gasteiger partial charge < -0.3 is 10.5 Å². The monoisotopic (exact) mass is 267 g/mol. The van der Waals surface area contributed by atoms with Crippen molar-refractivity contribution in [3.8, 4) is 17.0 Å². The van der Waals surface area contributed by atoms with Crippen LogP contribution in [-0.4, -0.2) is 26.4 Å². The molecule has 20 heavy (non-hydrogen) atoms. The maximum absolute atomic E-state index is 5.99. The molecule has 1 aliphatic heterocycles. The molecule has 0 bridgehead atoms. The summed E-state index contributed by atoms with van der Waals surface area (Å²) < 4.78 is 7.26. The third kappa shape index (κ3) is 1.48. The molecule has 0 saturated carbocycles. The van der Waals surface area contributed by atoms with Crippen molar-refractivity contribution in [3.63, 3.8) is 0 Å². The first kappa shape index (κ1) is 11.2. The molecule has 0 spiro atoms. The molecular formula is C14H13N5O. The lowest BCUT2D eigenvalue weighted by Gasteiger charge is -2.02. The third-order valence-electron chi connectivity index (χ3n) is 3.61. The van der Waals surface area contributed by atoms with Gasteiger partial charge in [-0.2, -0.15) is 5.10 Å². The van der Waals surface area contributed by atoms with Crippen LogP contribution in [0.4, 0.5) is 5.82 Å². The van der Waals surface area contributed by atoms with Gasteiger partial charge in [0, 0.05) is 19.0 Å². The number of nitrogen functional groups attached to an aromatic ring is 1. The zero-order valence-corrected chi connectivity index (χ0v) is 11.0. The Morgan fingerprint density at radius 1 is 1.30 bits per heavy atom. The molecule has 0 radical (unpaired) electrons. The molecule has 2 N–H and O–H groups in total. The molecule has 0 aliphatic carbocycles. The normalized spacial score (nSPS) is 13.4. The van der Waals surface area contributed by atoms with Gasteiger partial charge in [-0.05, 0) is 23.8 Å². The highest BCUT2D eigenvalue weighted by Crippen LogP contribution is 2.34. The van der Waals surface area contributed by atoms with Crippen molar-refractivity contribution >= 4 is 16.9 Å². The van der Waals surface area contributed by atoms with Crippen molar-refractivity contribution in [2.45, 2.75) is 6.42 Å². The first-order valence-corrected chi connectivity index (χ1v) is 6.43. The summed E-state index contributed by atoms with van der Waals surface area (Å²) >= 11 is 0. The first-order valence-electron chi connectivity index (χ1n) is 6.43. The van der Waals surface area contributed by atoms with E-state index in [0.29, 0.717) is 5.82 Å². The number of nitrogens with zero attached hydrogens (tertiary/aromatic N) is 4. The van der Waals surface area contributed by atoms with Gasteiger partial charge >= 0.3 is 0 Å². The van der Waals surface area contributed by atoms with Gasteiger partial charge in [0.15, 0.2) is 5.65 Å². The summed E-state index contributed by atoms with van der Waals surface area (Å²) in [6.45, 7) is 0.743. The molecule has 0 atom stereocenters. The van der Waals surface area contributed by atoms with Crippen molar-refractivity contribution in [2.75, 3.05) is 12.3 Å². The lowest BCUT2D eigenvalue weighted by atomic mass is 10.0. The van der Waals surface area contributed by atoms with E-state index in [1.165, 1.54) is 11.9 Å². The Labute approximate surface area is 115 Å². The van der Waals surface area contributed by atoms with Crippen LogP contribution < -0.4 is 10.5 Å². The molecule has 1 aliphatic rings. The van der Waals surface area contributed by atoms with E-state index >= 15 is 0 Å². The summed E-state index contributed by atoms with van der Waals surface area (Å²) in [6, 6.07) is 6.09. The van der Waals surface area contributed by atoms with E-state index in [9.17, 15) is 0 Å². The lowest BCUT2D eigenvalue weighted by Crippen LogP contribution is -1.95. The minimum atomic E-state index is 0.454. The van der Waals surface area contributed by atoms with E-state index in [2.05, 4.69) is 21.1 Å². The first-order chi connectivity index (χ1) is 9.74. The molecule has 0 amide bonds. The lowest BCUT2D eigenvalue weighted by molar-refractivity contribution is 0.357. The molecule has 4 rings (SSSR count). The van der Waals surface area contributed by atoms with Crippen molar-refractivity contribution in [2.24, 2.45) is 7.05 Å². The van der Waals surface area contributed by atoms with Crippen LogP contribution in [0.5, 0.6) is 5.75 Å². The number of hydrogen-bond donors (Lipinski definition) is 1. The molecule has 0 fully saturated rings. The maximum Gasteiger partial charge on any atom is 0.163 e. The molecular weight excluding hydrogens is 254 g/mol. The summed E-state index contributed by atoms with van der Waals surface area (Å²) in [7, 11) is 1.86. The average molecular weight is 267 g/mol. The summed E-state index contributed by atoms with van der Waals surface area (Å²) in [5.41, 5.74) is 9.77. The van der Waals surface area contributed by atoms with Crippen molar-refractivity contribution in [1.29, 1.82) is 0 Å². The largest absolute Gasteiger partial charge is 0.493 e. The molecule has 2 aromatic heterocycles. The van der Waals surface area contributed by atoms with Crippen LogP contribution in [-0.2, 0) is 13.5 Å². The van der Waals surface area contributed by atoms with Gasteiger partial charge in [-0.25, -0.2) is 14.6 Å². The topological polar surface area (TPSA) is 78.9 Å². The smallest absolute Gasteiger partial charge is 0.163 e. The van der Waals surface area contributed by atoms with Crippen LogP contribution in [0.15, 0.2) is 24.5 Å². The number of fused-ring (bicyclic) bond motifs is 2. The second kappa shape index (κ2) is 3.93. The fourth-order valence-corrected chi connectivity index (χ4v) is 2.65. The van der Waals surface area contributed by atoms with Gasteiger partial charge in [0.2, 0.25) is 0 Å².